The standard InChI is InChI=1S/C27H26N4O3/c1-28-26(32)22-11-12-23-24(15-22)31(17-18-13-14-30(16-18)27(33)34)25(29-23)21-9-7-20(8-10-21)19-5-3-2-4-6-19/h2-12,15,18H,13-14,16-17H2,1H3,(H,28,32)(H,33,34)/t18-/m0/s1. The van der Waals surface area contributed by atoms with Crippen LogP contribution in [0, 0.1) is 5.92 Å². The van der Waals surface area contributed by atoms with Crippen LogP contribution < -0.4 is 5.32 Å². The van der Waals surface area contributed by atoms with Crippen LogP contribution in [0.3, 0.4) is 0 Å². The van der Waals surface area contributed by atoms with Gasteiger partial charge in [0, 0.05) is 37.8 Å². The maximum Gasteiger partial charge on any atom is 0.407 e. The number of amides is 2. The van der Waals surface area contributed by atoms with E-state index in [0.717, 1.165) is 40.0 Å². The van der Waals surface area contributed by atoms with Crippen LogP contribution in [0.5, 0.6) is 0 Å². The van der Waals surface area contributed by atoms with Crippen LogP contribution in [0.15, 0.2) is 72.8 Å². The highest BCUT2D eigenvalue weighted by molar-refractivity contribution is 5.97. The maximum absolute atomic E-state index is 12.3. The van der Waals surface area contributed by atoms with Gasteiger partial charge >= 0.3 is 6.09 Å². The zero-order valence-electron chi connectivity index (χ0n) is 18.9. The van der Waals surface area contributed by atoms with E-state index in [9.17, 15) is 14.7 Å². The number of aromatic nitrogens is 2. The normalized spacial score (nSPS) is 15.6. The third-order valence-corrected chi connectivity index (χ3v) is 6.48. The predicted octanol–water partition coefficient (Wildman–Crippen LogP) is 4.73. The summed E-state index contributed by atoms with van der Waals surface area (Å²) in [6.45, 7) is 1.67. The van der Waals surface area contributed by atoms with E-state index in [1.54, 1.807) is 13.1 Å². The molecule has 34 heavy (non-hydrogen) atoms. The Morgan fingerprint density at radius 3 is 2.38 bits per heavy atom. The molecule has 2 amide bonds. The van der Waals surface area contributed by atoms with E-state index >= 15 is 0 Å². The number of nitrogens with zero attached hydrogens (tertiary/aromatic N) is 3. The lowest BCUT2D eigenvalue weighted by Crippen LogP contribution is -2.27. The van der Waals surface area contributed by atoms with Gasteiger partial charge in [-0.1, -0.05) is 54.6 Å². The molecule has 0 bridgehead atoms. The highest BCUT2D eigenvalue weighted by Crippen LogP contribution is 2.30. The summed E-state index contributed by atoms with van der Waals surface area (Å²) in [5.74, 6) is 0.846. The van der Waals surface area contributed by atoms with Gasteiger partial charge in [0.15, 0.2) is 0 Å². The molecule has 2 heterocycles. The minimum absolute atomic E-state index is 0.152. The highest BCUT2D eigenvalue weighted by atomic mass is 16.4. The summed E-state index contributed by atoms with van der Waals surface area (Å²) in [4.78, 5) is 30.1. The number of rotatable bonds is 5. The van der Waals surface area contributed by atoms with Crippen molar-refractivity contribution in [1.82, 2.24) is 19.8 Å². The molecule has 4 aromatic rings. The number of hydrogen-bond acceptors (Lipinski definition) is 3. The van der Waals surface area contributed by atoms with Crippen molar-refractivity contribution in [1.29, 1.82) is 0 Å². The molecule has 0 spiro atoms. The minimum Gasteiger partial charge on any atom is -0.465 e. The molecule has 0 saturated carbocycles. The minimum atomic E-state index is -0.878. The summed E-state index contributed by atoms with van der Waals surface area (Å²) in [6.07, 6.45) is -0.0790. The third-order valence-electron chi connectivity index (χ3n) is 6.48. The van der Waals surface area contributed by atoms with Gasteiger partial charge in [-0.2, -0.15) is 0 Å². The number of carboxylic acid groups (broad SMARTS) is 1. The molecule has 7 heteroatoms. The Balaban J connectivity index is 1.55. The van der Waals surface area contributed by atoms with Crippen molar-refractivity contribution in [2.24, 2.45) is 5.92 Å². The smallest absolute Gasteiger partial charge is 0.407 e. The fourth-order valence-electron chi connectivity index (χ4n) is 4.67. The summed E-state index contributed by atoms with van der Waals surface area (Å²) in [5.41, 5.74) is 5.50. The fraction of sp³-hybridized carbons (Fsp3) is 0.222. The average Bonchev–Trinajstić information content (AvgIpc) is 3.49. The van der Waals surface area contributed by atoms with Gasteiger partial charge < -0.3 is 19.9 Å². The molecule has 0 radical (unpaired) electrons. The molecule has 0 aliphatic carbocycles. The van der Waals surface area contributed by atoms with Crippen LogP contribution in [-0.2, 0) is 6.54 Å². The molecular weight excluding hydrogens is 428 g/mol. The molecule has 1 saturated heterocycles. The molecule has 2 N–H and O–H groups in total. The molecule has 172 valence electrons. The van der Waals surface area contributed by atoms with Crippen LogP contribution in [0.2, 0.25) is 0 Å². The topological polar surface area (TPSA) is 87.5 Å². The van der Waals surface area contributed by atoms with Crippen molar-refractivity contribution in [2.45, 2.75) is 13.0 Å². The second-order valence-corrected chi connectivity index (χ2v) is 8.66. The first kappa shape index (κ1) is 21.7. The second kappa shape index (κ2) is 9.02. The van der Waals surface area contributed by atoms with Crippen molar-refractivity contribution in [3.63, 3.8) is 0 Å². The Kier molecular flexibility index (Phi) is 5.76. The Labute approximate surface area is 197 Å². The molecule has 3 aromatic carbocycles. The molecule has 1 aliphatic rings. The quantitative estimate of drug-likeness (QED) is 0.456. The number of hydrogen-bond donors (Lipinski definition) is 2. The summed E-state index contributed by atoms with van der Waals surface area (Å²) in [5, 5.41) is 12.0. The first-order valence-electron chi connectivity index (χ1n) is 11.4. The third kappa shape index (κ3) is 4.12. The Hall–Kier alpha value is -4.13. The van der Waals surface area contributed by atoms with Crippen LogP contribution in [0.1, 0.15) is 16.8 Å². The molecule has 7 nitrogen and oxygen atoms in total. The molecule has 1 aliphatic heterocycles. The van der Waals surface area contributed by atoms with Crippen LogP contribution in [-0.4, -0.2) is 51.7 Å². The van der Waals surface area contributed by atoms with E-state index in [0.29, 0.717) is 25.2 Å². The summed E-state index contributed by atoms with van der Waals surface area (Å²) >= 11 is 0. The monoisotopic (exact) mass is 454 g/mol. The number of likely N-dealkylation sites (tertiary alicyclic amines) is 1. The number of benzene rings is 3. The van der Waals surface area contributed by atoms with Gasteiger partial charge in [-0.3, -0.25) is 4.79 Å². The number of imidazole rings is 1. The van der Waals surface area contributed by atoms with E-state index in [4.69, 9.17) is 4.98 Å². The predicted molar refractivity (Wildman–Crippen MR) is 132 cm³/mol. The van der Waals surface area contributed by atoms with Gasteiger partial charge in [-0.05, 0) is 41.7 Å². The Morgan fingerprint density at radius 1 is 1.00 bits per heavy atom. The lowest BCUT2D eigenvalue weighted by molar-refractivity contribution is 0.0963. The van der Waals surface area contributed by atoms with E-state index < -0.39 is 6.09 Å². The van der Waals surface area contributed by atoms with Crippen LogP contribution in [0.25, 0.3) is 33.5 Å². The largest absolute Gasteiger partial charge is 0.465 e. The maximum atomic E-state index is 12.3. The van der Waals surface area contributed by atoms with Crippen LogP contribution in [0.4, 0.5) is 4.79 Å². The van der Waals surface area contributed by atoms with Gasteiger partial charge in [-0.15, -0.1) is 0 Å². The van der Waals surface area contributed by atoms with Gasteiger partial charge in [-0.25, -0.2) is 9.78 Å². The zero-order valence-corrected chi connectivity index (χ0v) is 18.9. The molecular formula is C27H26N4O3. The van der Waals surface area contributed by atoms with E-state index in [2.05, 4.69) is 46.3 Å². The highest BCUT2D eigenvalue weighted by Gasteiger charge is 2.27. The molecule has 5 rings (SSSR count). The van der Waals surface area contributed by atoms with Crippen molar-refractivity contribution in [2.75, 3.05) is 20.1 Å². The van der Waals surface area contributed by atoms with E-state index in [1.165, 1.54) is 4.90 Å². The second-order valence-electron chi connectivity index (χ2n) is 8.66. The van der Waals surface area contributed by atoms with Crippen molar-refractivity contribution in [3.05, 3.63) is 78.4 Å². The number of fused-ring (bicyclic) bond motifs is 1. The average molecular weight is 455 g/mol. The van der Waals surface area contributed by atoms with Gasteiger partial charge in [0.05, 0.1) is 11.0 Å². The molecule has 1 aromatic heterocycles. The lowest BCUT2D eigenvalue weighted by atomic mass is 10.0. The lowest BCUT2D eigenvalue weighted by Gasteiger charge is -2.16. The fourth-order valence-corrected chi connectivity index (χ4v) is 4.67. The van der Waals surface area contributed by atoms with Crippen molar-refractivity contribution in [3.8, 4) is 22.5 Å². The number of nitrogens with one attached hydrogen (secondary N) is 1. The van der Waals surface area contributed by atoms with Gasteiger partial charge in [0.1, 0.15) is 5.82 Å². The SMILES string of the molecule is CNC(=O)c1ccc2nc(-c3ccc(-c4ccccc4)cc3)n(C[C@H]3CCN(C(=O)O)C3)c2c1. The Bertz CT molecular complexity index is 1350. The zero-order chi connectivity index (χ0) is 23.7. The first-order valence-corrected chi connectivity index (χ1v) is 11.4. The molecule has 1 fully saturated rings. The summed E-state index contributed by atoms with van der Waals surface area (Å²) in [6, 6.07) is 24.0. The molecule has 1 atom stereocenters. The van der Waals surface area contributed by atoms with Crippen molar-refractivity contribution < 1.29 is 14.7 Å². The van der Waals surface area contributed by atoms with Crippen LogP contribution >= 0.6 is 0 Å². The number of carbonyl (C=O) groups excluding carboxylic acids is 1. The van der Waals surface area contributed by atoms with E-state index in [-0.39, 0.29) is 11.8 Å². The van der Waals surface area contributed by atoms with Crippen molar-refractivity contribution >= 4 is 23.0 Å². The summed E-state index contributed by atoms with van der Waals surface area (Å²) in [7, 11) is 1.61. The van der Waals surface area contributed by atoms with Gasteiger partial charge in [0.25, 0.3) is 5.91 Å². The summed E-state index contributed by atoms with van der Waals surface area (Å²) < 4.78 is 2.13. The first-order chi connectivity index (χ1) is 16.5. The molecule has 0 unspecified atom stereocenters. The van der Waals surface area contributed by atoms with E-state index in [1.807, 2.05) is 30.3 Å². The number of carbonyl (C=O) groups is 2. The Morgan fingerprint density at radius 2 is 1.71 bits per heavy atom. The van der Waals surface area contributed by atoms with Gasteiger partial charge in [0.2, 0.25) is 0 Å².